The van der Waals surface area contributed by atoms with E-state index in [0.717, 1.165) is 41.5 Å². The fourth-order valence-corrected chi connectivity index (χ4v) is 4.42. The number of nitrogens with one attached hydrogen (secondary N) is 1. The molecule has 1 unspecified atom stereocenters. The maximum atomic E-state index is 6.35. The monoisotopic (exact) mass is 473 g/mol. The molecule has 4 rings (SSSR count). The third-order valence-corrected chi connectivity index (χ3v) is 6.46. The molecule has 3 aromatic rings. The number of hydrogen-bond acceptors (Lipinski definition) is 4. The fraction of sp³-hybridized carbons (Fsp3) is 0.321. The van der Waals surface area contributed by atoms with E-state index in [1.165, 1.54) is 24.8 Å². The van der Waals surface area contributed by atoms with Gasteiger partial charge in [0.1, 0.15) is 5.84 Å². The van der Waals surface area contributed by atoms with Crippen molar-refractivity contribution in [1.29, 1.82) is 0 Å². The zero-order valence-electron chi connectivity index (χ0n) is 20.1. The summed E-state index contributed by atoms with van der Waals surface area (Å²) in [4.78, 5) is 16.8. The van der Waals surface area contributed by atoms with Crippen molar-refractivity contribution >= 4 is 34.7 Å². The summed E-state index contributed by atoms with van der Waals surface area (Å²) in [6.07, 6.45) is 5.51. The van der Waals surface area contributed by atoms with Crippen LogP contribution in [0.25, 0.3) is 11.3 Å². The van der Waals surface area contributed by atoms with Crippen molar-refractivity contribution in [3.63, 3.8) is 0 Å². The first-order valence-electron chi connectivity index (χ1n) is 11.9. The van der Waals surface area contributed by atoms with Gasteiger partial charge >= 0.3 is 0 Å². The summed E-state index contributed by atoms with van der Waals surface area (Å²) < 4.78 is 0. The standard InChI is InChI=1S/C28H32ClN5/c1-20(26-15-16-30-28(33-26)31-21(2)23-11-6-4-7-12-23)27(24-13-10-14-25(29)19-24)32-22(3)34-17-8-5-9-18-34/h4,6-7,10-16,19,21H,5,8-9,17-18H2,1-3H3,(H,30,31,33)/b27-20+,32-22?. The van der Waals surface area contributed by atoms with Crippen LogP contribution in [-0.2, 0) is 0 Å². The first-order valence-corrected chi connectivity index (χ1v) is 12.3. The molecule has 0 spiro atoms. The van der Waals surface area contributed by atoms with Gasteiger partial charge in [0.15, 0.2) is 0 Å². The van der Waals surface area contributed by atoms with E-state index < -0.39 is 0 Å². The van der Waals surface area contributed by atoms with Crippen LogP contribution in [0.3, 0.4) is 0 Å². The average molecular weight is 474 g/mol. The molecule has 0 bridgehead atoms. The predicted molar refractivity (Wildman–Crippen MR) is 143 cm³/mol. The van der Waals surface area contributed by atoms with Crippen LogP contribution in [0.15, 0.2) is 71.9 Å². The second-order valence-corrected chi connectivity index (χ2v) is 9.17. The maximum absolute atomic E-state index is 6.35. The van der Waals surface area contributed by atoms with E-state index >= 15 is 0 Å². The molecule has 6 heteroatoms. The molecule has 1 fully saturated rings. The molecule has 0 amide bonds. The molecular weight excluding hydrogens is 442 g/mol. The first-order chi connectivity index (χ1) is 16.5. The van der Waals surface area contributed by atoms with Crippen molar-refractivity contribution in [1.82, 2.24) is 14.9 Å². The molecule has 1 N–H and O–H groups in total. The van der Waals surface area contributed by atoms with E-state index in [-0.39, 0.29) is 6.04 Å². The van der Waals surface area contributed by atoms with Gasteiger partial charge in [-0.25, -0.2) is 15.0 Å². The zero-order valence-corrected chi connectivity index (χ0v) is 20.9. The summed E-state index contributed by atoms with van der Waals surface area (Å²) >= 11 is 6.35. The molecular formula is C28H32ClN5. The topological polar surface area (TPSA) is 53.4 Å². The van der Waals surface area contributed by atoms with Crippen LogP contribution < -0.4 is 5.32 Å². The second kappa shape index (κ2) is 11.3. The van der Waals surface area contributed by atoms with Crippen molar-refractivity contribution in [2.24, 2.45) is 4.99 Å². The Bertz CT molecular complexity index is 1170. The van der Waals surface area contributed by atoms with Gasteiger partial charge in [-0.2, -0.15) is 0 Å². The van der Waals surface area contributed by atoms with Crippen LogP contribution >= 0.6 is 11.6 Å². The number of aliphatic imine (C=N–C) groups is 1. The van der Waals surface area contributed by atoms with Crippen LogP contribution in [-0.4, -0.2) is 33.8 Å². The Kier molecular flexibility index (Phi) is 7.96. The summed E-state index contributed by atoms with van der Waals surface area (Å²) in [5, 5.41) is 4.11. The lowest BCUT2D eigenvalue weighted by Crippen LogP contribution is -2.34. The minimum Gasteiger partial charge on any atom is -0.360 e. The number of halogens is 1. The smallest absolute Gasteiger partial charge is 0.223 e. The van der Waals surface area contributed by atoms with Gasteiger partial charge in [0, 0.05) is 35.4 Å². The minimum atomic E-state index is 0.0903. The lowest BCUT2D eigenvalue weighted by molar-refractivity contribution is 0.341. The van der Waals surface area contributed by atoms with E-state index in [4.69, 9.17) is 21.6 Å². The number of piperidine rings is 1. The van der Waals surface area contributed by atoms with E-state index in [1.807, 2.05) is 42.5 Å². The summed E-state index contributed by atoms with van der Waals surface area (Å²) in [5.74, 6) is 1.62. The highest BCUT2D eigenvalue weighted by Crippen LogP contribution is 2.29. The van der Waals surface area contributed by atoms with Gasteiger partial charge in [-0.1, -0.05) is 54.1 Å². The van der Waals surface area contributed by atoms with Gasteiger partial charge in [0.05, 0.1) is 17.4 Å². The Morgan fingerprint density at radius 3 is 2.50 bits per heavy atom. The molecule has 1 aliphatic heterocycles. The second-order valence-electron chi connectivity index (χ2n) is 8.73. The lowest BCUT2D eigenvalue weighted by Gasteiger charge is -2.28. The molecule has 5 nitrogen and oxygen atoms in total. The van der Waals surface area contributed by atoms with Crippen molar-refractivity contribution in [2.75, 3.05) is 18.4 Å². The van der Waals surface area contributed by atoms with Crippen LogP contribution in [0.1, 0.15) is 62.9 Å². The number of hydrogen-bond donors (Lipinski definition) is 1. The van der Waals surface area contributed by atoms with Crippen LogP contribution in [0.5, 0.6) is 0 Å². The molecule has 2 aromatic carbocycles. The Hall–Kier alpha value is -3.18. The molecule has 1 atom stereocenters. The number of amidine groups is 1. The van der Waals surface area contributed by atoms with Crippen molar-refractivity contribution in [3.8, 4) is 0 Å². The van der Waals surface area contributed by atoms with E-state index in [9.17, 15) is 0 Å². The van der Waals surface area contributed by atoms with Crippen molar-refractivity contribution in [2.45, 2.75) is 46.1 Å². The number of likely N-dealkylation sites (tertiary alicyclic amines) is 1. The van der Waals surface area contributed by atoms with Gasteiger partial charge in [0.25, 0.3) is 0 Å². The largest absolute Gasteiger partial charge is 0.360 e. The Morgan fingerprint density at radius 2 is 1.76 bits per heavy atom. The number of allylic oxidation sites excluding steroid dienone is 1. The Balaban J connectivity index is 1.69. The molecule has 1 aliphatic rings. The number of nitrogens with zero attached hydrogens (tertiary/aromatic N) is 4. The number of benzene rings is 2. The Labute approximate surface area is 207 Å². The highest BCUT2D eigenvalue weighted by Gasteiger charge is 2.15. The molecule has 34 heavy (non-hydrogen) atoms. The van der Waals surface area contributed by atoms with E-state index in [1.54, 1.807) is 6.20 Å². The highest BCUT2D eigenvalue weighted by molar-refractivity contribution is 6.30. The minimum absolute atomic E-state index is 0.0903. The molecule has 176 valence electrons. The van der Waals surface area contributed by atoms with E-state index in [2.05, 4.69) is 54.2 Å². The molecule has 0 saturated carbocycles. The first kappa shape index (κ1) is 24.0. The Morgan fingerprint density at radius 1 is 1.00 bits per heavy atom. The van der Waals surface area contributed by atoms with Gasteiger partial charge < -0.3 is 10.2 Å². The summed E-state index contributed by atoms with van der Waals surface area (Å²) in [6.45, 7) is 8.37. The SMILES string of the molecule is CC(=N/C(=C(\C)c1ccnc(NC(C)c2ccccc2)n1)c1cccc(Cl)c1)N1CCCCC1. The quantitative estimate of drug-likeness (QED) is 0.306. The molecule has 0 radical (unpaired) electrons. The highest BCUT2D eigenvalue weighted by atomic mass is 35.5. The van der Waals surface area contributed by atoms with Crippen LogP contribution in [0, 0.1) is 0 Å². The van der Waals surface area contributed by atoms with Gasteiger partial charge in [0.2, 0.25) is 5.95 Å². The number of rotatable bonds is 6. The predicted octanol–water partition coefficient (Wildman–Crippen LogP) is 7.10. The van der Waals surface area contributed by atoms with Crippen molar-refractivity contribution < 1.29 is 0 Å². The zero-order chi connectivity index (χ0) is 23.9. The van der Waals surface area contributed by atoms with Gasteiger partial charge in [-0.05, 0) is 63.8 Å². The van der Waals surface area contributed by atoms with Crippen LogP contribution in [0.2, 0.25) is 5.02 Å². The number of aromatic nitrogens is 2. The van der Waals surface area contributed by atoms with Gasteiger partial charge in [-0.3, -0.25) is 0 Å². The normalized spacial score (nSPS) is 16.1. The third kappa shape index (κ3) is 6.03. The fourth-order valence-electron chi connectivity index (χ4n) is 4.23. The summed E-state index contributed by atoms with van der Waals surface area (Å²) in [7, 11) is 0. The average Bonchev–Trinajstić information content (AvgIpc) is 2.88. The molecule has 0 aliphatic carbocycles. The lowest BCUT2D eigenvalue weighted by atomic mass is 10.0. The maximum Gasteiger partial charge on any atom is 0.223 e. The molecule has 1 saturated heterocycles. The number of anilines is 1. The summed E-state index contributed by atoms with van der Waals surface area (Å²) in [5.41, 5.74) is 4.86. The summed E-state index contributed by atoms with van der Waals surface area (Å²) in [6, 6.07) is 20.2. The van der Waals surface area contributed by atoms with Crippen molar-refractivity contribution in [3.05, 3.63) is 88.7 Å². The third-order valence-electron chi connectivity index (χ3n) is 6.23. The molecule has 2 heterocycles. The van der Waals surface area contributed by atoms with E-state index in [0.29, 0.717) is 11.0 Å². The van der Waals surface area contributed by atoms with Crippen LogP contribution in [0.4, 0.5) is 5.95 Å². The molecule has 1 aromatic heterocycles. The van der Waals surface area contributed by atoms with Gasteiger partial charge in [-0.15, -0.1) is 0 Å².